The molecule has 4 rings (SSSR count). The molecule has 1 aliphatic rings. The number of nitrogens with zero attached hydrogens (tertiary/aromatic N) is 1. The molecule has 1 unspecified atom stereocenters. The van der Waals surface area contributed by atoms with E-state index in [1.54, 1.807) is 6.92 Å². The minimum atomic E-state index is 0.262. The normalized spacial score (nSPS) is 15.9. The number of hydrogen-bond acceptors (Lipinski definition) is 3. The lowest BCUT2D eigenvalue weighted by Crippen LogP contribution is -2.30. The molecule has 1 saturated heterocycles. The fourth-order valence-corrected chi connectivity index (χ4v) is 4.31. The molecule has 154 valence electrons. The molecule has 0 spiro atoms. The van der Waals surface area contributed by atoms with Crippen molar-refractivity contribution >= 4 is 11.5 Å². The van der Waals surface area contributed by atoms with Crippen LogP contribution in [-0.4, -0.2) is 18.4 Å². The van der Waals surface area contributed by atoms with Gasteiger partial charge in [-0.2, -0.15) is 0 Å². The van der Waals surface area contributed by atoms with E-state index in [1.165, 1.54) is 22.4 Å². The number of benzene rings is 3. The average molecular weight is 400 g/mol. The van der Waals surface area contributed by atoms with Crippen LogP contribution in [0.3, 0.4) is 0 Å². The molecule has 1 fully saturated rings. The highest BCUT2D eigenvalue weighted by Crippen LogP contribution is 2.30. The Morgan fingerprint density at radius 1 is 1.00 bits per heavy atom. The number of rotatable bonds is 7. The highest BCUT2D eigenvalue weighted by molar-refractivity contribution is 5.77. The van der Waals surface area contributed by atoms with Gasteiger partial charge in [-0.05, 0) is 86.2 Å². The third kappa shape index (κ3) is 4.91. The molecule has 1 aliphatic heterocycles. The van der Waals surface area contributed by atoms with E-state index in [-0.39, 0.29) is 5.78 Å². The molecule has 30 heavy (non-hydrogen) atoms. The van der Waals surface area contributed by atoms with Crippen molar-refractivity contribution in [1.29, 1.82) is 0 Å². The predicted molar refractivity (Wildman–Crippen MR) is 123 cm³/mol. The van der Waals surface area contributed by atoms with Crippen LogP contribution in [0.1, 0.15) is 42.9 Å². The third-order valence-corrected chi connectivity index (χ3v) is 5.86. The highest BCUT2D eigenvalue weighted by Gasteiger charge is 2.25. The molecule has 1 atom stereocenters. The molecule has 0 radical (unpaired) electrons. The Kier molecular flexibility index (Phi) is 6.18. The van der Waals surface area contributed by atoms with Crippen molar-refractivity contribution in [1.82, 2.24) is 0 Å². The van der Waals surface area contributed by atoms with Crippen LogP contribution < -0.4 is 9.64 Å². The Hall–Kier alpha value is -3.07. The van der Waals surface area contributed by atoms with Gasteiger partial charge in [0.2, 0.25) is 0 Å². The summed E-state index contributed by atoms with van der Waals surface area (Å²) in [5.74, 6) is 1.94. The van der Waals surface area contributed by atoms with Gasteiger partial charge in [-0.25, -0.2) is 0 Å². The summed E-state index contributed by atoms with van der Waals surface area (Å²) in [5, 5.41) is 0. The topological polar surface area (TPSA) is 29.5 Å². The molecule has 0 N–H and O–H groups in total. The third-order valence-electron chi connectivity index (χ3n) is 5.86. The quantitative estimate of drug-likeness (QED) is 0.465. The number of carbonyl (C=O) groups excluding carboxylic acids is 1. The van der Waals surface area contributed by atoms with Crippen molar-refractivity contribution in [2.75, 3.05) is 11.4 Å². The van der Waals surface area contributed by atoms with Crippen LogP contribution in [0.5, 0.6) is 11.5 Å². The number of anilines is 1. The van der Waals surface area contributed by atoms with Gasteiger partial charge in [-0.3, -0.25) is 4.79 Å². The Morgan fingerprint density at radius 3 is 2.57 bits per heavy atom. The molecule has 0 aromatic heterocycles. The largest absolute Gasteiger partial charge is 0.457 e. The lowest BCUT2D eigenvalue weighted by molar-refractivity contribution is -0.117. The van der Waals surface area contributed by atoms with Crippen molar-refractivity contribution in [3.8, 4) is 11.5 Å². The molecular weight excluding hydrogens is 370 g/mol. The molecule has 3 aromatic rings. The minimum Gasteiger partial charge on any atom is -0.457 e. The van der Waals surface area contributed by atoms with E-state index < -0.39 is 0 Å². The summed E-state index contributed by atoms with van der Waals surface area (Å²) < 4.78 is 6.12. The van der Waals surface area contributed by atoms with Crippen molar-refractivity contribution in [3.63, 3.8) is 0 Å². The van der Waals surface area contributed by atoms with Gasteiger partial charge in [0.1, 0.15) is 17.3 Å². The summed E-state index contributed by atoms with van der Waals surface area (Å²) in [7, 11) is 0. The van der Waals surface area contributed by atoms with Crippen LogP contribution >= 0.6 is 0 Å². The first kappa shape index (κ1) is 20.2. The van der Waals surface area contributed by atoms with Crippen molar-refractivity contribution in [2.45, 2.75) is 45.6 Å². The van der Waals surface area contributed by atoms with Crippen LogP contribution in [0.15, 0.2) is 72.8 Å². The lowest BCUT2D eigenvalue weighted by atomic mass is 10.0. The molecule has 0 bridgehead atoms. The first-order chi connectivity index (χ1) is 14.6. The fourth-order valence-electron chi connectivity index (χ4n) is 4.31. The van der Waals surface area contributed by atoms with Crippen molar-refractivity contribution in [2.24, 2.45) is 0 Å². The summed E-state index contributed by atoms with van der Waals surface area (Å²) in [6.07, 6.45) is 3.76. The Bertz CT molecular complexity index is 1010. The van der Waals surface area contributed by atoms with Crippen molar-refractivity contribution < 1.29 is 9.53 Å². The summed E-state index contributed by atoms with van der Waals surface area (Å²) in [5.41, 5.74) is 5.05. The molecule has 0 aliphatic carbocycles. The van der Waals surface area contributed by atoms with Gasteiger partial charge >= 0.3 is 0 Å². The molecular formula is C27H29NO2. The average Bonchev–Trinajstić information content (AvgIpc) is 3.18. The van der Waals surface area contributed by atoms with Gasteiger partial charge in [-0.15, -0.1) is 0 Å². The Morgan fingerprint density at radius 2 is 1.80 bits per heavy atom. The van der Waals surface area contributed by atoms with Gasteiger partial charge in [0, 0.05) is 24.7 Å². The molecule has 1 heterocycles. The van der Waals surface area contributed by atoms with Gasteiger partial charge in [-0.1, -0.05) is 36.4 Å². The first-order valence-electron chi connectivity index (χ1n) is 10.8. The maximum atomic E-state index is 11.5. The van der Waals surface area contributed by atoms with E-state index in [9.17, 15) is 4.79 Å². The minimum absolute atomic E-state index is 0.262. The molecule has 3 nitrogen and oxygen atoms in total. The predicted octanol–water partition coefficient (Wildman–Crippen LogP) is 6.33. The number of hydrogen-bond donors (Lipinski definition) is 0. The Balaban J connectivity index is 1.43. The van der Waals surface area contributed by atoms with E-state index in [1.807, 2.05) is 24.3 Å². The zero-order valence-corrected chi connectivity index (χ0v) is 17.8. The standard InChI is InChI=1S/C27H29NO2/c1-20-7-3-4-9-23(20)18-22-8-5-11-27(19-22)30-26-14-12-24(13-15-26)28-16-6-10-25(28)17-21(2)29/h3-5,7-9,11-15,19,25H,6,10,16-18H2,1-2H3. The van der Waals surface area contributed by atoms with E-state index in [4.69, 9.17) is 4.74 Å². The molecule has 0 saturated carbocycles. The number of aryl methyl sites for hydroxylation is 1. The number of ether oxygens (including phenoxy) is 1. The monoisotopic (exact) mass is 399 g/mol. The van der Waals surface area contributed by atoms with E-state index in [2.05, 4.69) is 60.4 Å². The second-order valence-electron chi connectivity index (χ2n) is 8.24. The maximum absolute atomic E-state index is 11.5. The van der Waals surface area contributed by atoms with E-state index >= 15 is 0 Å². The van der Waals surface area contributed by atoms with Gasteiger partial charge < -0.3 is 9.64 Å². The van der Waals surface area contributed by atoms with E-state index in [0.29, 0.717) is 12.5 Å². The number of carbonyl (C=O) groups is 1. The summed E-state index contributed by atoms with van der Waals surface area (Å²) in [6, 6.07) is 25.4. The second kappa shape index (κ2) is 9.17. The zero-order valence-electron chi connectivity index (χ0n) is 17.8. The molecule has 0 amide bonds. The highest BCUT2D eigenvalue weighted by atomic mass is 16.5. The molecule has 3 heteroatoms. The zero-order chi connectivity index (χ0) is 20.9. The SMILES string of the molecule is CC(=O)CC1CCCN1c1ccc(Oc2cccc(Cc3ccccc3C)c2)cc1. The van der Waals surface area contributed by atoms with Gasteiger partial charge in [0.15, 0.2) is 0 Å². The molecule has 3 aromatic carbocycles. The summed E-state index contributed by atoms with van der Waals surface area (Å²) >= 11 is 0. The summed E-state index contributed by atoms with van der Waals surface area (Å²) in [6.45, 7) is 4.85. The van der Waals surface area contributed by atoms with Crippen molar-refractivity contribution in [3.05, 3.63) is 89.5 Å². The van der Waals surface area contributed by atoms with Crippen LogP contribution in [0.4, 0.5) is 5.69 Å². The smallest absolute Gasteiger partial charge is 0.131 e. The Labute approximate surface area is 179 Å². The van der Waals surface area contributed by atoms with Crippen LogP contribution in [0, 0.1) is 6.92 Å². The first-order valence-corrected chi connectivity index (χ1v) is 10.8. The lowest BCUT2D eigenvalue weighted by Gasteiger charge is -2.26. The van der Waals surface area contributed by atoms with E-state index in [0.717, 1.165) is 37.3 Å². The summed E-state index contributed by atoms with van der Waals surface area (Å²) in [4.78, 5) is 13.9. The van der Waals surface area contributed by atoms with Gasteiger partial charge in [0.05, 0.1) is 0 Å². The van der Waals surface area contributed by atoms with Crippen LogP contribution in [0.25, 0.3) is 0 Å². The second-order valence-corrected chi connectivity index (χ2v) is 8.24. The number of Topliss-reactive ketones (excluding diaryl/α,β-unsaturated/α-hetero) is 1. The maximum Gasteiger partial charge on any atom is 0.131 e. The van der Waals surface area contributed by atoms with Gasteiger partial charge in [0.25, 0.3) is 0 Å². The number of ketones is 1. The van der Waals surface area contributed by atoms with Crippen LogP contribution in [-0.2, 0) is 11.2 Å². The van der Waals surface area contributed by atoms with Crippen LogP contribution in [0.2, 0.25) is 0 Å². The fraction of sp³-hybridized carbons (Fsp3) is 0.296.